The molecule has 0 spiro atoms. The molecule has 0 saturated heterocycles. The van der Waals surface area contributed by atoms with E-state index >= 15 is 0 Å². The Morgan fingerprint density at radius 3 is 2.39 bits per heavy atom. The molecule has 0 bridgehead atoms. The zero-order valence-electron chi connectivity index (χ0n) is 9.32. The second-order valence-corrected chi connectivity index (χ2v) is 3.65. The third-order valence-electron chi connectivity index (χ3n) is 2.30. The number of pyridine rings is 1. The molecule has 0 unspecified atom stereocenters. The first-order valence-corrected chi connectivity index (χ1v) is 5.28. The molecular formula is C13H10F3NO. The van der Waals surface area contributed by atoms with Gasteiger partial charge < -0.3 is 4.74 Å². The van der Waals surface area contributed by atoms with Crippen molar-refractivity contribution in [1.29, 1.82) is 0 Å². The minimum Gasteiger partial charge on any atom is -0.405 e. The van der Waals surface area contributed by atoms with E-state index in [1.54, 1.807) is 36.5 Å². The van der Waals surface area contributed by atoms with Crippen molar-refractivity contribution in [3.63, 3.8) is 0 Å². The van der Waals surface area contributed by atoms with Crippen LogP contribution in [0.25, 0.3) is 0 Å². The van der Waals surface area contributed by atoms with Crippen LogP contribution in [0, 0.1) is 0 Å². The summed E-state index contributed by atoms with van der Waals surface area (Å²) in [4.78, 5) is 4.07. The molecule has 0 saturated carbocycles. The topological polar surface area (TPSA) is 22.1 Å². The molecule has 0 radical (unpaired) electrons. The zero-order valence-corrected chi connectivity index (χ0v) is 9.32. The summed E-state index contributed by atoms with van der Waals surface area (Å²) >= 11 is 0. The first-order valence-electron chi connectivity index (χ1n) is 5.28. The van der Waals surface area contributed by atoms with Crippen molar-refractivity contribution in [2.75, 3.05) is 0 Å². The molecule has 1 aromatic carbocycles. The number of rotatable bonds is 3. The smallest absolute Gasteiger partial charge is 0.405 e. The van der Waals surface area contributed by atoms with Gasteiger partial charge in [0.2, 0.25) is 0 Å². The van der Waals surface area contributed by atoms with Crippen LogP contribution in [0.4, 0.5) is 13.2 Å². The Labute approximate surface area is 102 Å². The van der Waals surface area contributed by atoms with Gasteiger partial charge in [-0.05, 0) is 18.2 Å². The van der Waals surface area contributed by atoms with Gasteiger partial charge in [-0.1, -0.05) is 24.3 Å². The lowest BCUT2D eigenvalue weighted by molar-refractivity contribution is -0.274. The maximum atomic E-state index is 12.2. The molecule has 0 fully saturated rings. The Morgan fingerprint density at radius 2 is 1.72 bits per heavy atom. The van der Waals surface area contributed by atoms with E-state index in [9.17, 15) is 13.2 Å². The number of halogens is 3. The first-order chi connectivity index (χ1) is 8.54. The van der Waals surface area contributed by atoms with E-state index in [0.717, 1.165) is 0 Å². The largest absolute Gasteiger partial charge is 0.573 e. The number of alkyl halides is 3. The van der Waals surface area contributed by atoms with E-state index in [4.69, 9.17) is 0 Å². The van der Waals surface area contributed by atoms with Crippen LogP contribution < -0.4 is 4.74 Å². The molecule has 2 rings (SSSR count). The van der Waals surface area contributed by atoms with Crippen molar-refractivity contribution in [1.82, 2.24) is 4.98 Å². The monoisotopic (exact) mass is 253 g/mol. The van der Waals surface area contributed by atoms with Crippen molar-refractivity contribution < 1.29 is 17.9 Å². The number of hydrogen-bond donors (Lipinski definition) is 0. The molecule has 0 aliphatic heterocycles. The van der Waals surface area contributed by atoms with Gasteiger partial charge in [0, 0.05) is 23.9 Å². The average molecular weight is 253 g/mol. The summed E-state index contributed by atoms with van der Waals surface area (Å²) in [5, 5.41) is 0. The maximum absolute atomic E-state index is 12.2. The highest BCUT2D eigenvalue weighted by atomic mass is 19.4. The van der Waals surface area contributed by atoms with Crippen LogP contribution in [0.1, 0.15) is 11.3 Å². The Hall–Kier alpha value is -2.04. The fourth-order valence-corrected chi connectivity index (χ4v) is 1.57. The van der Waals surface area contributed by atoms with Crippen molar-refractivity contribution in [2.24, 2.45) is 0 Å². The highest BCUT2D eigenvalue weighted by Gasteiger charge is 2.31. The molecular weight excluding hydrogens is 243 g/mol. The Balaban J connectivity index is 2.23. The van der Waals surface area contributed by atoms with Crippen LogP contribution in [0.5, 0.6) is 5.75 Å². The molecule has 18 heavy (non-hydrogen) atoms. The fraction of sp³-hybridized carbons (Fsp3) is 0.154. The summed E-state index contributed by atoms with van der Waals surface area (Å²) in [7, 11) is 0. The van der Waals surface area contributed by atoms with Gasteiger partial charge in [0.1, 0.15) is 5.75 Å². The van der Waals surface area contributed by atoms with E-state index < -0.39 is 6.36 Å². The average Bonchev–Trinajstić information content (AvgIpc) is 2.31. The molecule has 0 aliphatic rings. The predicted octanol–water partition coefficient (Wildman–Crippen LogP) is 3.57. The highest BCUT2D eigenvalue weighted by molar-refractivity contribution is 5.36. The molecule has 0 atom stereocenters. The summed E-state index contributed by atoms with van der Waals surface area (Å²) in [6, 6.07) is 11.4. The van der Waals surface area contributed by atoms with E-state index in [0.29, 0.717) is 17.7 Å². The third kappa shape index (κ3) is 3.48. The summed E-state index contributed by atoms with van der Waals surface area (Å²) in [6.07, 6.45) is -2.78. The second kappa shape index (κ2) is 5.08. The first kappa shape index (κ1) is 12.4. The minimum absolute atomic E-state index is 0.185. The number of nitrogens with zero attached hydrogens (tertiary/aromatic N) is 1. The minimum atomic E-state index is -4.68. The van der Waals surface area contributed by atoms with Crippen molar-refractivity contribution in [3.8, 4) is 5.75 Å². The maximum Gasteiger partial charge on any atom is 0.573 e. The van der Waals surface area contributed by atoms with E-state index in [2.05, 4.69) is 9.72 Å². The number of benzene rings is 1. The van der Waals surface area contributed by atoms with Crippen LogP contribution in [-0.2, 0) is 6.42 Å². The molecule has 1 heterocycles. The standard InChI is InChI=1S/C13H10F3NO/c14-13(15,16)18-12-7-2-1-5-10(12)9-11-6-3-4-8-17-11/h1-8H,9H2. The van der Waals surface area contributed by atoms with Crippen LogP contribution in [-0.4, -0.2) is 11.3 Å². The van der Waals surface area contributed by atoms with E-state index in [1.165, 1.54) is 12.1 Å². The molecule has 2 nitrogen and oxygen atoms in total. The molecule has 0 N–H and O–H groups in total. The van der Waals surface area contributed by atoms with E-state index in [1.807, 2.05) is 0 Å². The van der Waals surface area contributed by atoms with Gasteiger partial charge in [-0.15, -0.1) is 13.2 Å². The van der Waals surface area contributed by atoms with Crippen LogP contribution in [0.2, 0.25) is 0 Å². The summed E-state index contributed by atoms with van der Waals surface area (Å²) in [5.74, 6) is -0.185. The quantitative estimate of drug-likeness (QED) is 0.834. The van der Waals surface area contributed by atoms with Crippen LogP contribution in [0.15, 0.2) is 48.7 Å². The van der Waals surface area contributed by atoms with Gasteiger partial charge in [0.15, 0.2) is 0 Å². The van der Waals surface area contributed by atoms with Crippen molar-refractivity contribution >= 4 is 0 Å². The normalized spacial score (nSPS) is 11.3. The highest BCUT2D eigenvalue weighted by Crippen LogP contribution is 2.27. The lowest BCUT2D eigenvalue weighted by Crippen LogP contribution is -2.18. The van der Waals surface area contributed by atoms with Gasteiger partial charge in [-0.3, -0.25) is 4.98 Å². The molecule has 2 aromatic rings. The lowest BCUT2D eigenvalue weighted by atomic mass is 10.1. The van der Waals surface area contributed by atoms with Crippen LogP contribution >= 0.6 is 0 Å². The Kier molecular flexibility index (Phi) is 3.50. The van der Waals surface area contributed by atoms with Crippen molar-refractivity contribution in [2.45, 2.75) is 12.8 Å². The molecule has 5 heteroatoms. The molecule has 1 aromatic heterocycles. The van der Waals surface area contributed by atoms with E-state index in [-0.39, 0.29) is 5.75 Å². The predicted molar refractivity (Wildman–Crippen MR) is 60.2 cm³/mol. The zero-order chi connectivity index (χ0) is 13.0. The summed E-state index contributed by atoms with van der Waals surface area (Å²) < 4.78 is 40.6. The van der Waals surface area contributed by atoms with Gasteiger partial charge in [0.05, 0.1) is 0 Å². The van der Waals surface area contributed by atoms with Gasteiger partial charge in [-0.2, -0.15) is 0 Å². The van der Waals surface area contributed by atoms with Gasteiger partial charge in [-0.25, -0.2) is 0 Å². The second-order valence-electron chi connectivity index (χ2n) is 3.65. The Bertz CT molecular complexity index is 511. The number of para-hydroxylation sites is 1. The number of hydrogen-bond acceptors (Lipinski definition) is 2. The van der Waals surface area contributed by atoms with Gasteiger partial charge >= 0.3 is 6.36 Å². The van der Waals surface area contributed by atoms with Crippen molar-refractivity contribution in [3.05, 3.63) is 59.9 Å². The summed E-state index contributed by atoms with van der Waals surface area (Å²) in [6.45, 7) is 0. The molecule has 0 aliphatic carbocycles. The molecule has 94 valence electrons. The third-order valence-corrected chi connectivity index (χ3v) is 2.30. The van der Waals surface area contributed by atoms with Crippen LogP contribution in [0.3, 0.4) is 0 Å². The number of ether oxygens (including phenoxy) is 1. The summed E-state index contributed by atoms with van der Waals surface area (Å²) in [5.41, 5.74) is 1.14. The van der Waals surface area contributed by atoms with Gasteiger partial charge in [0.25, 0.3) is 0 Å². The lowest BCUT2D eigenvalue weighted by Gasteiger charge is -2.12. The molecule has 0 amide bonds. The number of aromatic nitrogens is 1. The fourth-order valence-electron chi connectivity index (χ4n) is 1.57. The Morgan fingerprint density at radius 1 is 1.00 bits per heavy atom. The SMILES string of the molecule is FC(F)(F)Oc1ccccc1Cc1ccccn1.